The molecule has 0 aromatic rings. The first-order valence-electron chi connectivity index (χ1n) is 3.26. The molecule has 0 aromatic heterocycles. The summed E-state index contributed by atoms with van der Waals surface area (Å²) >= 11 is 0. The molecule has 56 valence electrons. The maximum atomic E-state index is 10.7. The molecule has 1 saturated heterocycles. The molecule has 1 aliphatic heterocycles. The molecule has 1 rings (SSSR count). The lowest BCUT2D eigenvalue weighted by Gasteiger charge is -1.99. The van der Waals surface area contributed by atoms with Crippen molar-refractivity contribution in [3.63, 3.8) is 0 Å². The number of ether oxygens (including phenoxy) is 1. The van der Waals surface area contributed by atoms with Crippen molar-refractivity contribution >= 4 is 12.1 Å². The minimum Gasteiger partial charge on any atom is -0.375 e. The van der Waals surface area contributed by atoms with Crippen LogP contribution in [0.15, 0.2) is 0 Å². The number of carbonyl (C=O) groups excluding carboxylic acids is 2. The van der Waals surface area contributed by atoms with E-state index in [1.54, 1.807) is 0 Å². The summed E-state index contributed by atoms with van der Waals surface area (Å²) < 4.78 is 4.24. The van der Waals surface area contributed by atoms with Gasteiger partial charge in [-0.1, -0.05) is 13.3 Å². The van der Waals surface area contributed by atoms with Crippen molar-refractivity contribution in [2.45, 2.75) is 25.8 Å². The van der Waals surface area contributed by atoms with Crippen molar-refractivity contribution in [2.24, 2.45) is 0 Å². The van der Waals surface area contributed by atoms with Crippen molar-refractivity contribution in [3.05, 3.63) is 0 Å². The van der Waals surface area contributed by atoms with Crippen LogP contribution in [0.1, 0.15) is 19.8 Å². The lowest BCUT2D eigenvalue weighted by atomic mass is 10.2. The Bertz CT molecular complexity index is 166. The quantitative estimate of drug-likeness (QED) is 0.450. The zero-order valence-corrected chi connectivity index (χ0v) is 5.72. The van der Waals surface area contributed by atoms with Crippen LogP contribution in [-0.4, -0.2) is 18.1 Å². The van der Waals surface area contributed by atoms with E-state index in [4.69, 9.17) is 0 Å². The van der Waals surface area contributed by atoms with Gasteiger partial charge in [0.05, 0.1) is 0 Å². The summed E-state index contributed by atoms with van der Waals surface area (Å²) in [5.74, 6) is -0.452. The number of hydrogen-bond acceptors (Lipinski definition) is 3. The number of nitrogens with one attached hydrogen (secondary N) is 1. The second-order valence-electron chi connectivity index (χ2n) is 2.19. The van der Waals surface area contributed by atoms with Gasteiger partial charge in [0.2, 0.25) is 0 Å². The number of carbonyl (C=O) groups is 2. The maximum absolute atomic E-state index is 10.7. The molecule has 0 aliphatic carbocycles. The summed E-state index contributed by atoms with van der Waals surface area (Å²) in [5.41, 5.74) is 0. The minimum atomic E-state index is -0.622. The van der Waals surface area contributed by atoms with E-state index in [0.717, 1.165) is 6.42 Å². The summed E-state index contributed by atoms with van der Waals surface area (Å²) in [5, 5.41) is 2.39. The molecular weight excluding hydrogens is 134 g/mol. The van der Waals surface area contributed by atoms with Gasteiger partial charge in [-0.3, -0.25) is 0 Å². The predicted molar refractivity (Wildman–Crippen MR) is 33.3 cm³/mol. The fraction of sp³-hybridized carbons (Fsp3) is 0.667. The third-order valence-corrected chi connectivity index (χ3v) is 1.35. The maximum Gasteiger partial charge on any atom is 0.415 e. The van der Waals surface area contributed by atoms with Crippen molar-refractivity contribution in [2.75, 3.05) is 0 Å². The molecule has 1 amide bonds. The number of rotatable bonds is 2. The molecule has 1 N–H and O–H groups in total. The summed E-state index contributed by atoms with van der Waals surface area (Å²) in [4.78, 5) is 21.1. The van der Waals surface area contributed by atoms with E-state index in [1.807, 2.05) is 6.92 Å². The first-order chi connectivity index (χ1) is 4.74. The second kappa shape index (κ2) is 2.68. The van der Waals surface area contributed by atoms with Gasteiger partial charge < -0.3 is 10.1 Å². The van der Waals surface area contributed by atoms with Crippen LogP contribution >= 0.6 is 0 Å². The second-order valence-corrected chi connectivity index (χ2v) is 2.19. The molecule has 0 aromatic carbocycles. The third-order valence-electron chi connectivity index (χ3n) is 1.35. The van der Waals surface area contributed by atoms with Crippen LogP contribution in [0.25, 0.3) is 0 Å². The van der Waals surface area contributed by atoms with E-state index in [-0.39, 0.29) is 0 Å². The first kappa shape index (κ1) is 7.05. The molecule has 1 fully saturated rings. The van der Waals surface area contributed by atoms with E-state index in [0.29, 0.717) is 6.42 Å². The first-order valence-corrected chi connectivity index (χ1v) is 3.26. The summed E-state index contributed by atoms with van der Waals surface area (Å²) in [6.45, 7) is 1.94. The summed E-state index contributed by atoms with van der Waals surface area (Å²) in [7, 11) is 0. The predicted octanol–water partition coefficient (Wildman–Crippen LogP) is 0.422. The minimum absolute atomic E-state index is 0.405. The number of hydrogen-bond donors (Lipinski definition) is 1. The number of esters is 1. The Morgan fingerprint density at radius 1 is 1.60 bits per heavy atom. The Balaban J connectivity index is 2.46. The molecular formula is C6H9NO3. The Hall–Kier alpha value is -1.06. The number of amides is 1. The smallest absolute Gasteiger partial charge is 0.375 e. The summed E-state index contributed by atoms with van der Waals surface area (Å²) in [6.07, 6.45) is 0.897. The van der Waals surface area contributed by atoms with Crippen LogP contribution in [0, 0.1) is 0 Å². The van der Waals surface area contributed by atoms with Gasteiger partial charge >= 0.3 is 12.1 Å². The van der Waals surface area contributed by atoms with Gasteiger partial charge in [0.15, 0.2) is 0 Å². The molecule has 0 saturated carbocycles. The van der Waals surface area contributed by atoms with Crippen LogP contribution in [0.5, 0.6) is 0 Å². The molecule has 1 atom stereocenters. The highest BCUT2D eigenvalue weighted by molar-refractivity contribution is 5.95. The van der Waals surface area contributed by atoms with E-state index >= 15 is 0 Å². The molecule has 0 bridgehead atoms. The van der Waals surface area contributed by atoms with Gasteiger partial charge in [-0.25, -0.2) is 9.59 Å². The largest absolute Gasteiger partial charge is 0.415 e. The standard InChI is InChI=1S/C6H9NO3/c1-2-3-4-5(8)10-6(9)7-4/h4H,2-3H2,1H3,(H,7,9)/t4-/m0/s1. The fourth-order valence-corrected chi connectivity index (χ4v) is 0.872. The number of cyclic esters (lactones) is 2. The zero-order valence-electron chi connectivity index (χ0n) is 5.72. The monoisotopic (exact) mass is 143 g/mol. The molecule has 4 nitrogen and oxygen atoms in total. The number of alkyl carbamates (subject to hydrolysis) is 1. The Labute approximate surface area is 58.5 Å². The average molecular weight is 143 g/mol. The highest BCUT2D eigenvalue weighted by Gasteiger charge is 2.30. The van der Waals surface area contributed by atoms with Crippen LogP contribution in [-0.2, 0) is 9.53 Å². The van der Waals surface area contributed by atoms with E-state index in [9.17, 15) is 9.59 Å². The van der Waals surface area contributed by atoms with Crippen molar-refractivity contribution < 1.29 is 14.3 Å². The SMILES string of the molecule is CCC[C@@H]1NC(=O)OC1=O. The van der Waals surface area contributed by atoms with Crippen molar-refractivity contribution in [1.29, 1.82) is 0 Å². The molecule has 1 heterocycles. The van der Waals surface area contributed by atoms with Gasteiger partial charge in [0.25, 0.3) is 0 Å². The molecule has 4 heteroatoms. The topological polar surface area (TPSA) is 55.4 Å². The lowest BCUT2D eigenvalue weighted by Crippen LogP contribution is -2.28. The van der Waals surface area contributed by atoms with Crippen LogP contribution < -0.4 is 5.32 Å². The van der Waals surface area contributed by atoms with Crippen molar-refractivity contribution in [1.82, 2.24) is 5.32 Å². The molecule has 0 spiro atoms. The zero-order chi connectivity index (χ0) is 7.56. The van der Waals surface area contributed by atoms with E-state index in [1.165, 1.54) is 0 Å². The highest BCUT2D eigenvalue weighted by Crippen LogP contribution is 2.05. The van der Waals surface area contributed by atoms with Crippen LogP contribution in [0.4, 0.5) is 4.79 Å². The van der Waals surface area contributed by atoms with Crippen LogP contribution in [0.2, 0.25) is 0 Å². The highest BCUT2D eigenvalue weighted by atomic mass is 16.6. The van der Waals surface area contributed by atoms with Crippen LogP contribution in [0.3, 0.4) is 0 Å². The molecule has 1 aliphatic rings. The Kier molecular flexibility index (Phi) is 1.89. The van der Waals surface area contributed by atoms with Gasteiger partial charge in [0, 0.05) is 0 Å². The fourth-order valence-electron chi connectivity index (χ4n) is 0.872. The Morgan fingerprint density at radius 2 is 2.30 bits per heavy atom. The third kappa shape index (κ3) is 1.26. The molecule has 0 radical (unpaired) electrons. The summed E-state index contributed by atoms with van der Waals surface area (Å²) in [6, 6.07) is -0.405. The van der Waals surface area contributed by atoms with E-state index < -0.39 is 18.1 Å². The molecule has 10 heavy (non-hydrogen) atoms. The van der Waals surface area contributed by atoms with Crippen molar-refractivity contribution in [3.8, 4) is 0 Å². The normalized spacial score (nSPS) is 24.3. The Morgan fingerprint density at radius 3 is 2.70 bits per heavy atom. The van der Waals surface area contributed by atoms with Gasteiger partial charge in [-0.15, -0.1) is 0 Å². The van der Waals surface area contributed by atoms with E-state index in [2.05, 4.69) is 10.1 Å². The molecule has 0 unspecified atom stereocenters. The lowest BCUT2D eigenvalue weighted by molar-refractivity contribution is -0.135. The average Bonchev–Trinajstić information content (AvgIpc) is 2.13. The van der Waals surface area contributed by atoms with Gasteiger partial charge in [-0.05, 0) is 6.42 Å². The van der Waals surface area contributed by atoms with Gasteiger partial charge in [-0.2, -0.15) is 0 Å². The van der Waals surface area contributed by atoms with Gasteiger partial charge in [0.1, 0.15) is 6.04 Å².